The zero-order valence-corrected chi connectivity index (χ0v) is 10.6. The van der Waals surface area contributed by atoms with Crippen molar-refractivity contribution in [1.29, 1.82) is 0 Å². The van der Waals surface area contributed by atoms with E-state index in [-0.39, 0.29) is 24.9 Å². The van der Waals surface area contributed by atoms with Gasteiger partial charge in [-0.3, -0.25) is 4.79 Å². The van der Waals surface area contributed by atoms with Crippen LogP contribution in [0.4, 0.5) is 4.39 Å². The van der Waals surface area contributed by atoms with Crippen molar-refractivity contribution >= 4 is 5.97 Å². The number of rotatable bonds is 6. The molecule has 0 aliphatic rings. The Kier molecular flexibility index (Phi) is 5.25. The third kappa shape index (κ3) is 4.43. The van der Waals surface area contributed by atoms with E-state index in [1.807, 2.05) is 0 Å². The van der Waals surface area contributed by atoms with Crippen molar-refractivity contribution in [2.24, 2.45) is 0 Å². The number of carbonyl (C=O) groups is 1. The second-order valence-electron chi connectivity index (χ2n) is 4.19. The number of ether oxygens (including phenoxy) is 1. The van der Waals surface area contributed by atoms with Crippen molar-refractivity contribution in [2.75, 3.05) is 19.7 Å². The van der Waals surface area contributed by atoms with Crippen LogP contribution in [0.15, 0.2) is 24.3 Å². The highest BCUT2D eigenvalue weighted by Gasteiger charge is 2.22. The second-order valence-corrected chi connectivity index (χ2v) is 4.19. The number of esters is 1. The van der Waals surface area contributed by atoms with Gasteiger partial charge in [-0.15, -0.1) is 0 Å². The molecule has 1 rings (SSSR count). The molecule has 0 amide bonds. The predicted octanol–water partition coefficient (Wildman–Crippen LogP) is 1.19. The van der Waals surface area contributed by atoms with Gasteiger partial charge in [0.15, 0.2) is 0 Å². The van der Waals surface area contributed by atoms with E-state index in [2.05, 4.69) is 5.32 Å². The van der Waals surface area contributed by atoms with Gasteiger partial charge in [0.2, 0.25) is 0 Å². The zero-order valence-electron chi connectivity index (χ0n) is 10.6. The van der Waals surface area contributed by atoms with Crippen molar-refractivity contribution in [1.82, 2.24) is 5.32 Å². The third-order valence-electron chi connectivity index (χ3n) is 2.51. The highest BCUT2D eigenvalue weighted by atomic mass is 19.1. The fourth-order valence-electron chi connectivity index (χ4n) is 1.53. The van der Waals surface area contributed by atoms with E-state index in [0.29, 0.717) is 12.2 Å². The van der Waals surface area contributed by atoms with Gasteiger partial charge in [0.1, 0.15) is 5.82 Å². The summed E-state index contributed by atoms with van der Waals surface area (Å²) in [6.45, 7) is 3.86. The van der Waals surface area contributed by atoms with Crippen molar-refractivity contribution in [3.8, 4) is 0 Å². The molecule has 18 heavy (non-hydrogen) atoms. The molecule has 1 unspecified atom stereocenters. The van der Waals surface area contributed by atoms with Gasteiger partial charge in [-0.2, -0.15) is 0 Å². The van der Waals surface area contributed by atoms with Crippen LogP contribution in [0, 0.1) is 5.82 Å². The summed E-state index contributed by atoms with van der Waals surface area (Å²) in [6.07, 6.45) is 0. The average molecular weight is 255 g/mol. The van der Waals surface area contributed by atoms with Crippen molar-refractivity contribution in [3.63, 3.8) is 0 Å². The number of nitrogens with one attached hydrogen (secondary N) is 1. The van der Waals surface area contributed by atoms with E-state index in [0.717, 1.165) is 0 Å². The van der Waals surface area contributed by atoms with E-state index < -0.39 is 5.60 Å². The van der Waals surface area contributed by atoms with Crippen molar-refractivity contribution in [2.45, 2.75) is 19.4 Å². The molecule has 0 aromatic heterocycles. The lowest BCUT2D eigenvalue weighted by atomic mass is 9.96. The molecule has 0 spiro atoms. The normalized spacial score (nSPS) is 14.0. The summed E-state index contributed by atoms with van der Waals surface area (Å²) in [5.74, 6) is -0.721. The summed E-state index contributed by atoms with van der Waals surface area (Å²) < 4.78 is 17.5. The predicted molar refractivity (Wildman–Crippen MR) is 65.5 cm³/mol. The van der Waals surface area contributed by atoms with Gasteiger partial charge >= 0.3 is 5.97 Å². The van der Waals surface area contributed by atoms with Crippen LogP contribution in [-0.2, 0) is 15.1 Å². The molecule has 0 bridgehead atoms. The fourth-order valence-corrected chi connectivity index (χ4v) is 1.53. The molecule has 0 heterocycles. The lowest BCUT2D eigenvalue weighted by Gasteiger charge is -2.24. The highest BCUT2D eigenvalue weighted by Crippen LogP contribution is 2.19. The van der Waals surface area contributed by atoms with Gasteiger partial charge in [0.25, 0.3) is 0 Å². The maximum Gasteiger partial charge on any atom is 0.319 e. The quantitative estimate of drug-likeness (QED) is 0.750. The Morgan fingerprint density at radius 3 is 2.61 bits per heavy atom. The molecule has 1 atom stereocenters. The summed E-state index contributed by atoms with van der Waals surface area (Å²) in [7, 11) is 0. The number of benzene rings is 1. The molecule has 1 aromatic carbocycles. The van der Waals surface area contributed by atoms with E-state index in [9.17, 15) is 14.3 Å². The van der Waals surface area contributed by atoms with Crippen LogP contribution >= 0.6 is 0 Å². The Bertz CT molecular complexity index is 390. The SMILES string of the molecule is CCOC(=O)CNCC(C)(O)c1ccc(F)cc1. The minimum atomic E-state index is -1.17. The van der Waals surface area contributed by atoms with Crippen LogP contribution in [0.25, 0.3) is 0 Å². The summed E-state index contributed by atoms with van der Waals surface area (Å²) >= 11 is 0. The van der Waals surface area contributed by atoms with E-state index in [4.69, 9.17) is 4.74 Å². The van der Waals surface area contributed by atoms with Crippen LogP contribution in [0.3, 0.4) is 0 Å². The van der Waals surface area contributed by atoms with Gasteiger partial charge in [-0.25, -0.2) is 4.39 Å². The molecule has 0 aliphatic heterocycles. The molecule has 100 valence electrons. The number of carbonyl (C=O) groups excluding carboxylic acids is 1. The van der Waals surface area contributed by atoms with Crippen LogP contribution in [-0.4, -0.2) is 30.8 Å². The van der Waals surface area contributed by atoms with Gasteiger partial charge in [-0.05, 0) is 31.5 Å². The van der Waals surface area contributed by atoms with Gasteiger partial charge in [0.05, 0.1) is 18.8 Å². The van der Waals surface area contributed by atoms with Gasteiger partial charge in [-0.1, -0.05) is 12.1 Å². The smallest absolute Gasteiger partial charge is 0.319 e. The molecule has 0 aliphatic carbocycles. The molecule has 0 radical (unpaired) electrons. The van der Waals surface area contributed by atoms with E-state index in [1.54, 1.807) is 13.8 Å². The number of hydrogen-bond donors (Lipinski definition) is 2. The van der Waals surface area contributed by atoms with Crippen LogP contribution in [0.5, 0.6) is 0 Å². The van der Waals surface area contributed by atoms with Crippen LogP contribution < -0.4 is 5.32 Å². The maximum absolute atomic E-state index is 12.8. The monoisotopic (exact) mass is 255 g/mol. The first-order valence-corrected chi connectivity index (χ1v) is 5.80. The van der Waals surface area contributed by atoms with Crippen molar-refractivity contribution < 1.29 is 19.0 Å². The van der Waals surface area contributed by atoms with Gasteiger partial charge in [0, 0.05) is 6.54 Å². The Balaban J connectivity index is 2.49. The molecule has 5 heteroatoms. The average Bonchev–Trinajstić information content (AvgIpc) is 2.29. The molecule has 4 nitrogen and oxygen atoms in total. The van der Waals surface area contributed by atoms with E-state index in [1.165, 1.54) is 24.3 Å². The molecule has 0 saturated heterocycles. The summed E-state index contributed by atoms with van der Waals surface area (Å²) in [6, 6.07) is 5.60. The van der Waals surface area contributed by atoms with Crippen LogP contribution in [0.1, 0.15) is 19.4 Å². The topological polar surface area (TPSA) is 58.6 Å². The Labute approximate surface area is 106 Å². The summed E-state index contributed by atoms with van der Waals surface area (Å²) in [5, 5.41) is 13.0. The standard InChI is InChI=1S/C13H18FNO3/c1-3-18-12(16)8-15-9-13(2,17)10-4-6-11(14)7-5-10/h4-7,15,17H,3,8-9H2,1-2H3. The van der Waals surface area contributed by atoms with E-state index >= 15 is 0 Å². The molecule has 2 N–H and O–H groups in total. The Morgan fingerprint density at radius 2 is 2.06 bits per heavy atom. The van der Waals surface area contributed by atoms with Gasteiger partial charge < -0.3 is 15.2 Å². The molecule has 0 saturated carbocycles. The number of aliphatic hydroxyl groups is 1. The first-order valence-electron chi connectivity index (χ1n) is 5.80. The Hall–Kier alpha value is -1.46. The summed E-state index contributed by atoms with van der Waals surface area (Å²) in [5.41, 5.74) is -0.583. The lowest BCUT2D eigenvalue weighted by Crippen LogP contribution is -2.38. The first-order chi connectivity index (χ1) is 8.45. The second kappa shape index (κ2) is 6.47. The fraction of sp³-hybridized carbons (Fsp3) is 0.462. The molecule has 0 fully saturated rings. The number of halogens is 1. The highest BCUT2D eigenvalue weighted by molar-refractivity contribution is 5.71. The third-order valence-corrected chi connectivity index (χ3v) is 2.51. The zero-order chi connectivity index (χ0) is 13.6. The molecular weight excluding hydrogens is 237 g/mol. The Morgan fingerprint density at radius 1 is 1.44 bits per heavy atom. The summed E-state index contributed by atoms with van der Waals surface area (Å²) in [4.78, 5) is 11.1. The first kappa shape index (κ1) is 14.6. The number of hydrogen-bond acceptors (Lipinski definition) is 4. The molecule has 1 aromatic rings. The van der Waals surface area contributed by atoms with Crippen LogP contribution in [0.2, 0.25) is 0 Å². The lowest BCUT2D eigenvalue weighted by molar-refractivity contribution is -0.142. The largest absolute Gasteiger partial charge is 0.465 e. The maximum atomic E-state index is 12.8. The minimum absolute atomic E-state index is 0.0329. The minimum Gasteiger partial charge on any atom is -0.465 e. The van der Waals surface area contributed by atoms with Crippen molar-refractivity contribution in [3.05, 3.63) is 35.6 Å². The molecular formula is C13H18FNO3.